The van der Waals surface area contributed by atoms with Gasteiger partial charge in [0.05, 0.1) is 5.56 Å². The Morgan fingerprint density at radius 2 is 2.38 bits per heavy atom. The van der Waals surface area contributed by atoms with Gasteiger partial charge in [-0.1, -0.05) is 22.9 Å². The first-order valence-corrected chi connectivity index (χ1v) is 4.51. The molecule has 0 saturated carbocycles. The molecule has 0 aromatic carbocycles. The number of nitrogens with zero attached hydrogens (tertiary/aromatic N) is 2. The van der Waals surface area contributed by atoms with Gasteiger partial charge in [-0.3, -0.25) is 0 Å². The Morgan fingerprint density at radius 3 is 3.08 bits per heavy atom. The van der Waals surface area contributed by atoms with Crippen molar-refractivity contribution in [1.29, 1.82) is 0 Å². The Balaban J connectivity index is 2.67. The van der Waals surface area contributed by atoms with E-state index in [0.717, 1.165) is 0 Å². The third-order valence-electron chi connectivity index (χ3n) is 1.47. The minimum absolute atomic E-state index is 0.120. The van der Waals surface area contributed by atoms with Crippen LogP contribution in [0.2, 0.25) is 4.47 Å². The minimum Gasteiger partial charge on any atom is -0.478 e. The molecule has 66 valence electrons. The Hall–Kier alpha value is -1.20. The highest BCUT2D eigenvalue weighted by Crippen LogP contribution is 2.23. The highest BCUT2D eigenvalue weighted by molar-refractivity contribution is 7.21. The third-order valence-corrected chi connectivity index (χ3v) is 2.55. The van der Waals surface area contributed by atoms with Crippen LogP contribution in [0.3, 0.4) is 0 Å². The van der Waals surface area contributed by atoms with Gasteiger partial charge in [-0.15, -0.1) is 0 Å². The normalized spacial score (nSPS) is 10.5. The molecule has 0 amide bonds. The lowest BCUT2D eigenvalue weighted by molar-refractivity contribution is 0.0696. The summed E-state index contributed by atoms with van der Waals surface area (Å²) in [4.78, 5) is 19.0. The Bertz CT molecular complexity index is 482. The van der Waals surface area contributed by atoms with Gasteiger partial charge in [0, 0.05) is 6.20 Å². The summed E-state index contributed by atoms with van der Waals surface area (Å²) in [6.07, 6.45) is 1.29. The number of carboxylic acid groups (broad SMARTS) is 1. The number of aromatic nitrogens is 2. The second kappa shape index (κ2) is 2.93. The van der Waals surface area contributed by atoms with Crippen LogP contribution in [-0.4, -0.2) is 21.0 Å². The van der Waals surface area contributed by atoms with E-state index in [4.69, 9.17) is 16.7 Å². The van der Waals surface area contributed by atoms with E-state index in [-0.39, 0.29) is 5.56 Å². The number of aromatic carboxylic acids is 1. The maximum atomic E-state index is 10.6. The maximum Gasteiger partial charge on any atom is 0.337 e. The number of rotatable bonds is 1. The Labute approximate surface area is 81.8 Å². The van der Waals surface area contributed by atoms with Gasteiger partial charge in [0.15, 0.2) is 4.47 Å². The fourth-order valence-corrected chi connectivity index (χ4v) is 1.84. The average molecular weight is 215 g/mol. The second-order valence-corrected chi connectivity index (χ2v) is 3.88. The zero-order chi connectivity index (χ0) is 9.42. The van der Waals surface area contributed by atoms with Gasteiger partial charge in [-0.05, 0) is 6.07 Å². The van der Waals surface area contributed by atoms with Crippen molar-refractivity contribution >= 4 is 39.3 Å². The van der Waals surface area contributed by atoms with Crippen LogP contribution in [0.1, 0.15) is 10.4 Å². The van der Waals surface area contributed by atoms with Crippen molar-refractivity contribution in [2.45, 2.75) is 0 Å². The number of fused-ring (bicyclic) bond motifs is 1. The van der Waals surface area contributed by atoms with Crippen LogP contribution in [-0.2, 0) is 0 Å². The number of halogens is 1. The molecule has 0 aliphatic carbocycles. The highest BCUT2D eigenvalue weighted by atomic mass is 35.5. The van der Waals surface area contributed by atoms with Crippen LogP contribution in [0.25, 0.3) is 10.3 Å². The molecule has 2 aromatic rings. The lowest BCUT2D eigenvalue weighted by atomic mass is 10.3. The first-order valence-electron chi connectivity index (χ1n) is 3.32. The summed E-state index contributed by atoms with van der Waals surface area (Å²) in [7, 11) is 0. The van der Waals surface area contributed by atoms with Crippen molar-refractivity contribution in [3.05, 3.63) is 22.3 Å². The third kappa shape index (κ3) is 1.48. The molecule has 13 heavy (non-hydrogen) atoms. The SMILES string of the molecule is O=C(O)c1cnc2sc(Cl)nc2c1. The number of carbonyl (C=O) groups is 1. The van der Waals surface area contributed by atoms with Gasteiger partial charge in [0.2, 0.25) is 0 Å². The van der Waals surface area contributed by atoms with Gasteiger partial charge in [-0.25, -0.2) is 14.8 Å². The summed E-state index contributed by atoms with van der Waals surface area (Å²) in [6, 6.07) is 1.45. The smallest absolute Gasteiger partial charge is 0.337 e. The van der Waals surface area contributed by atoms with Crippen molar-refractivity contribution in [2.24, 2.45) is 0 Å². The molecule has 0 atom stereocenters. The van der Waals surface area contributed by atoms with E-state index < -0.39 is 5.97 Å². The van der Waals surface area contributed by atoms with E-state index in [1.54, 1.807) is 0 Å². The van der Waals surface area contributed by atoms with E-state index in [1.165, 1.54) is 23.6 Å². The summed E-state index contributed by atoms with van der Waals surface area (Å²) in [5.74, 6) is -1.02. The van der Waals surface area contributed by atoms with Crippen molar-refractivity contribution in [3.8, 4) is 0 Å². The summed E-state index contributed by atoms with van der Waals surface area (Å²) in [5, 5.41) is 8.65. The van der Waals surface area contributed by atoms with Crippen molar-refractivity contribution in [1.82, 2.24) is 9.97 Å². The second-order valence-electron chi connectivity index (χ2n) is 2.32. The highest BCUT2D eigenvalue weighted by Gasteiger charge is 2.07. The lowest BCUT2D eigenvalue weighted by Crippen LogP contribution is -1.96. The number of hydrogen-bond acceptors (Lipinski definition) is 4. The summed E-state index contributed by atoms with van der Waals surface area (Å²) in [6.45, 7) is 0. The summed E-state index contributed by atoms with van der Waals surface area (Å²) >= 11 is 6.86. The molecule has 1 N–H and O–H groups in total. The van der Waals surface area contributed by atoms with Crippen LogP contribution in [0.5, 0.6) is 0 Å². The molecule has 2 aromatic heterocycles. The van der Waals surface area contributed by atoms with Crippen LogP contribution >= 0.6 is 22.9 Å². The molecule has 2 heterocycles. The van der Waals surface area contributed by atoms with E-state index >= 15 is 0 Å². The van der Waals surface area contributed by atoms with E-state index in [0.29, 0.717) is 14.8 Å². The van der Waals surface area contributed by atoms with Gasteiger partial charge in [0.1, 0.15) is 10.3 Å². The summed E-state index contributed by atoms with van der Waals surface area (Å²) in [5.41, 5.74) is 0.643. The number of thiazole rings is 1. The van der Waals surface area contributed by atoms with Crippen LogP contribution in [0.4, 0.5) is 0 Å². The zero-order valence-electron chi connectivity index (χ0n) is 6.19. The van der Waals surface area contributed by atoms with Gasteiger partial charge >= 0.3 is 5.97 Å². The van der Waals surface area contributed by atoms with Crippen molar-refractivity contribution < 1.29 is 9.90 Å². The average Bonchev–Trinajstić information content (AvgIpc) is 2.42. The molecule has 0 aliphatic rings. The molecule has 0 bridgehead atoms. The van der Waals surface area contributed by atoms with Gasteiger partial charge in [0.25, 0.3) is 0 Å². The minimum atomic E-state index is -1.02. The molecule has 0 radical (unpaired) electrons. The molecule has 0 spiro atoms. The molecular weight excluding hydrogens is 212 g/mol. The standard InChI is InChI=1S/C7H3ClN2O2S/c8-7-10-4-1-3(6(11)12)2-9-5(4)13-7/h1-2H,(H,11,12). The van der Waals surface area contributed by atoms with E-state index in [1.807, 2.05) is 0 Å². The Kier molecular flexibility index (Phi) is 1.90. The largest absolute Gasteiger partial charge is 0.478 e. The van der Waals surface area contributed by atoms with E-state index in [9.17, 15) is 4.79 Å². The molecular formula is C7H3ClN2O2S. The quantitative estimate of drug-likeness (QED) is 0.789. The summed E-state index contributed by atoms with van der Waals surface area (Å²) < 4.78 is 0.366. The fraction of sp³-hybridized carbons (Fsp3) is 0. The van der Waals surface area contributed by atoms with Gasteiger partial charge in [-0.2, -0.15) is 0 Å². The Morgan fingerprint density at radius 1 is 1.62 bits per heavy atom. The first kappa shape index (κ1) is 8.40. The lowest BCUT2D eigenvalue weighted by Gasteiger charge is -1.91. The number of hydrogen-bond donors (Lipinski definition) is 1. The van der Waals surface area contributed by atoms with Crippen LogP contribution < -0.4 is 0 Å². The molecule has 0 aliphatic heterocycles. The molecule has 2 rings (SSSR count). The van der Waals surface area contributed by atoms with Crippen molar-refractivity contribution in [3.63, 3.8) is 0 Å². The molecule has 0 saturated heterocycles. The molecule has 0 fully saturated rings. The molecule has 0 unspecified atom stereocenters. The van der Waals surface area contributed by atoms with Crippen molar-refractivity contribution in [2.75, 3.05) is 0 Å². The van der Waals surface area contributed by atoms with E-state index in [2.05, 4.69) is 9.97 Å². The zero-order valence-corrected chi connectivity index (χ0v) is 7.76. The van der Waals surface area contributed by atoms with Gasteiger partial charge < -0.3 is 5.11 Å². The number of pyridine rings is 1. The van der Waals surface area contributed by atoms with Crippen LogP contribution in [0, 0.1) is 0 Å². The predicted molar refractivity (Wildman–Crippen MR) is 49.4 cm³/mol. The fourth-order valence-electron chi connectivity index (χ4n) is 0.914. The first-order chi connectivity index (χ1) is 6.16. The maximum absolute atomic E-state index is 10.6. The topological polar surface area (TPSA) is 63.1 Å². The monoisotopic (exact) mass is 214 g/mol. The predicted octanol–water partition coefficient (Wildman–Crippen LogP) is 2.04. The van der Waals surface area contributed by atoms with Crippen LogP contribution in [0.15, 0.2) is 12.3 Å². The molecule has 4 nitrogen and oxygen atoms in total. The number of carboxylic acids is 1. The molecule has 6 heteroatoms.